The van der Waals surface area contributed by atoms with Crippen molar-refractivity contribution in [1.29, 1.82) is 0 Å². The van der Waals surface area contributed by atoms with Crippen LogP contribution in [0.25, 0.3) is 54.6 Å². The highest BCUT2D eigenvalue weighted by Crippen LogP contribution is 2.44. The van der Waals surface area contributed by atoms with Gasteiger partial charge < -0.3 is 9.52 Å². The number of halogens is 5. The van der Waals surface area contributed by atoms with E-state index >= 15 is 8.78 Å². The van der Waals surface area contributed by atoms with Gasteiger partial charge in [-0.3, -0.25) is 4.79 Å². The Labute approximate surface area is 192 Å². The monoisotopic (exact) mass is 479 g/mol. The van der Waals surface area contributed by atoms with Gasteiger partial charge in [-0.25, -0.2) is 22.0 Å². The quantitative estimate of drug-likeness (QED) is 0.0692. The third-order valence-corrected chi connectivity index (χ3v) is 6.11. The van der Waals surface area contributed by atoms with Crippen LogP contribution >= 0.6 is 0 Å². The molecule has 1 aromatic heterocycles. The molecule has 0 aliphatic heterocycles. The summed E-state index contributed by atoms with van der Waals surface area (Å²) < 4.78 is 78.7. The maximum atomic E-state index is 15.1. The lowest BCUT2D eigenvalue weighted by atomic mass is 9.92. The molecule has 0 radical (unpaired) electrons. The third-order valence-electron chi connectivity index (χ3n) is 6.11. The predicted molar refractivity (Wildman–Crippen MR) is 121 cm³/mol. The number of rotatable bonds is 1. The molecule has 0 aliphatic rings. The molecule has 0 saturated carbocycles. The fourth-order valence-corrected chi connectivity index (χ4v) is 4.53. The molecule has 0 fully saturated rings. The van der Waals surface area contributed by atoms with Crippen LogP contribution in [-0.4, -0.2) is 9.90 Å². The summed E-state index contributed by atoms with van der Waals surface area (Å²) in [6.45, 7) is 0. The standard InChI is InChI=1S/C27H11F5O3/c28-21-20(22(29)24(31)25(32)23(21)30)19-17-5-1-11-9-13(33)3-7-15(11)26(17)35-27-16-8-4-14(34)10-12(16)2-6-18(19)27/h1-10,33H/p+1. The smallest absolute Gasteiger partial charge is 0.340 e. The Balaban J connectivity index is 1.93. The van der Waals surface area contributed by atoms with Crippen LogP contribution in [0.1, 0.15) is 0 Å². The number of aromatic hydroxyl groups is 1. The molecular weight excluding hydrogens is 467 g/mol. The summed E-state index contributed by atoms with van der Waals surface area (Å²) in [5.74, 6) is -10.3. The van der Waals surface area contributed by atoms with Crippen LogP contribution in [-0.2, 0) is 0 Å². The SMILES string of the molecule is Oc1ccc2c(ccc3c(-c4c(F)c(F)c(F)c(F)c4F)c4ccc5cc(=[OH+])ccc5c4oc32)c1. The van der Waals surface area contributed by atoms with E-state index < -0.39 is 34.6 Å². The van der Waals surface area contributed by atoms with E-state index in [0.717, 1.165) is 0 Å². The first-order valence-electron chi connectivity index (χ1n) is 10.3. The molecule has 35 heavy (non-hydrogen) atoms. The van der Waals surface area contributed by atoms with E-state index in [0.29, 0.717) is 21.5 Å². The van der Waals surface area contributed by atoms with Crippen LogP contribution in [0.5, 0.6) is 5.75 Å². The second-order valence-corrected chi connectivity index (χ2v) is 8.12. The molecule has 3 nitrogen and oxygen atoms in total. The van der Waals surface area contributed by atoms with Crippen LogP contribution < -0.4 is 5.43 Å². The molecule has 0 saturated heterocycles. The number of fused-ring (bicyclic) bond motifs is 6. The van der Waals surface area contributed by atoms with Crippen LogP contribution in [0.3, 0.4) is 0 Å². The summed E-state index contributed by atoms with van der Waals surface area (Å²) in [4.78, 5) is 9.86. The van der Waals surface area contributed by atoms with Crippen molar-refractivity contribution in [3.05, 3.63) is 95.2 Å². The average Bonchev–Trinajstić information content (AvgIpc) is 2.85. The van der Waals surface area contributed by atoms with E-state index in [-0.39, 0.29) is 38.7 Å². The van der Waals surface area contributed by atoms with E-state index in [2.05, 4.69) is 0 Å². The first-order chi connectivity index (χ1) is 16.8. The summed E-state index contributed by atoms with van der Waals surface area (Å²) in [5, 5.41) is 12.0. The van der Waals surface area contributed by atoms with Gasteiger partial charge in [0.25, 0.3) is 0 Å². The molecule has 1 heterocycles. The lowest BCUT2D eigenvalue weighted by molar-refractivity contribution is 0.381. The minimum Gasteiger partial charge on any atom is -0.508 e. The normalized spacial score (nSPS) is 11.8. The van der Waals surface area contributed by atoms with E-state index in [4.69, 9.17) is 4.42 Å². The van der Waals surface area contributed by atoms with Gasteiger partial charge in [0.1, 0.15) is 16.9 Å². The molecule has 0 aliphatic carbocycles. The predicted octanol–water partition coefficient (Wildman–Crippen LogP) is 6.97. The zero-order chi connectivity index (χ0) is 24.6. The van der Waals surface area contributed by atoms with E-state index in [1.807, 2.05) is 0 Å². The Bertz CT molecular complexity index is 1910. The van der Waals surface area contributed by atoms with Gasteiger partial charge in [0, 0.05) is 33.2 Å². The zero-order valence-corrected chi connectivity index (χ0v) is 17.5. The molecule has 6 aromatic rings. The molecule has 6 rings (SSSR count). The van der Waals surface area contributed by atoms with Gasteiger partial charge in [-0.1, -0.05) is 12.1 Å². The first-order valence-corrected chi connectivity index (χ1v) is 10.3. The largest absolute Gasteiger partial charge is 0.508 e. The number of phenolic OH excluding ortho intramolecular Hbond substituents is 1. The van der Waals surface area contributed by atoms with Gasteiger partial charge in [0.2, 0.25) is 5.82 Å². The molecule has 0 atom stereocenters. The molecule has 5 aromatic carbocycles. The van der Waals surface area contributed by atoms with Crippen molar-refractivity contribution in [3.63, 3.8) is 0 Å². The summed E-state index contributed by atoms with van der Waals surface area (Å²) in [7, 11) is 0. The van der Waals surface area contributed by atoms with Crippen LogP contribution in [0.2, 0.25) is 0 Å². The van der Waals surface area contributed by atoms with Crippen molar-refractivity contribution in [2.45, 2.75) is 0 Å². The molecule has 0 bridgehead atoms. The minimum atomic E-state index is -2.25. The zero-order valence-electron chi connectivity index (χ0n) is 17.5. The Morgan fingerprint density at radius 2 is 1.03 bits per heavy atom. The van der Waals surface area contributed by atoms with Crippen molar-refractivity contribution < 1.29 is 36.3 Å². The van der Waals surface area contributed by atoms with Gasteiger partial charge >= 0.3 is 5.43 Å². The maximum Gasteiger partial charge on any atom is 0.340 e. The topological polar surface area (TPSA) is 54.8 Å². The van der Waals surface area contributed by atoms with Crippen molar-refractivity contribution in [2.24, 2.45) is 0 Å². The Kier molecular flexibility index (Phi) is 4.38. The van der Waals surface area contributed by atoms with Crippen molar-refractivity contribution in [3.8, 4) is 16.9 Å². The van der Waals surface area contributed by atoms with E-state index in [9.17, 15) is 23.1 Å². The number of hydrogen-bond acceptors (Lipinski definition) is 2. The summed E-state index contributed by atoms with van der Waals surface area (Å²) in [6, 6.07) is 14.7. The van der Waals surface area contributed by atoms with Crippen LogP contribution in [0.4, 0.5) is 22.0 Å². The summed E-state index contributed by atoms with van der Waals surface area (Å²) in [6.07, 6.45) is 0. The lowest BCUT2D eigenvalue weighted by Crippen LogP contribution is -2.05. The molecule has 0 unspecified atom stereocenters. The number of benzene rings is 5. The van der Waals surface area contributed by atoms with Crippen molar-refractivity contribution >= 4 is 43.5 Å². The van der Waals surface area contributed by atoms with Gasteiger partial charge in [-0.2, -0.15) is 0 Å². The second-order valence-electron chi connectivity index (χ2n) is 8.12. The minimum absolute atomic E-state index is 0.0291. The molecule has 0 amide bonds. The van der Waals surface area contributed by atoms with Crippen molar-refractivity contribution in [1.82, 2.24) is 0 Å². The first kappa shape index (κ1) is 21.1. The maximum absolute atomic E-state index is 15.1. The molecule has 2 N–H and O–H groups in total. The second kappa shape index (κ2) is 7.27. The summed E-state index contributed by atoms with van der Waals surface area (Å²) >= 11 is 0. The fourth-order valence-electron chi connectivity index (χ4n) is 4.53. The summed E-state index contributed by atoms with van der Waals surface area (Å²) in [5.41, 5.74) is -1.11. The van der Waals surface area contributed by atoms with Crippen LogP contribution in [0, 0.1) is 29.1 Å². The number of phenols is 1. The molecule has 172 valence electrons. The fraction of sp³-hybridized carbons (Fsp3) is 0. The molecule has 8 heteroatoms. The molecular formula is C27H12F5O3+. The van der Waals surface area contributed by atoms with Crippen LogP contribution in [0.15, 0.2) is 65.1 Å². The van der Waals surface area contributed by atoms with Gasteiger partial charge in [0.15, 0.2) is 23.3 Å². The highest BCUT2D eigenvalue weighted by Gasteiger charge is 2.29. The van der Waals surface area contributed by atoms with Crippen molar-refractivity contribution in [2.75, 3.05) is 0 Å². The number of hydrogen-bond donors (Lipinski definition) is 1. The van der Waals surface area contributed by atoms with E-state index in [1.165, 1.54) is 48.5 Å². The highest BCUT2D eigenvalue weighted by atomic mass is 19.2. The van der Waals surface area contributed by atoms with Gasteiger partial charge in [0.05, 0.1) is 11.6 Å². The highest BCUT2D eigenvalue weighted by molar-refractivity contribution is 6.19. The Hall–Kier alpha value is -4.46. The van der Waals surface area contributed by atoms with E-state index in [1.54, 1.807) is 12.1 Å². The van der Waals surface area contributed by atoms with Gasteiger partial charge in [-0.15, -0.1) is 0 Å². The molecule has 0 spiro atoms. The average molecular weight is 479 g/mol. The van der Waals surface area contributed by atoms with Gasteiger partial charge in [-0.05, 0) is 47.2 Å². The Morgan fingerprint density at radius 1 is 0.543 bits per heavy atom. The third kappa shape index (κ3) is 2.92. The Morgan fingerprint density at radius 3 is 1.63 bits per heavy atom. The lowest BCUT2D eigenvalue weighted by Gasteiger charge is -2.16.